The van der Waals surface area contributed by atoms with Gasteiger partial charge in [-0.25, -0.2) is 4.39 Å². The molecule has 0 bridgehead atoms. The zero-order valence-corrected chi connectivity index (χ0v) is 17.8. The minimum atomic E-state index is -1.08. The zero-order valence-electron chi connectivity index (χ0n) is 17.0. The summed E-state index contributed by atoms with van der Waals surface area (Å²) in [5, 5.41) is 0.319. The van der Waals surface area contributed by atoms with Crippen molar-refractivity contribution in [2.45, 2.75) is 63.6 Å². The normalized spacial score (nSPS) is 21.4. The van der Waals surface area contributed by atoms with Crippen LogP contribution in [0.2, 0.25) is 5.02 Å². The molecule has 0 spiro atoms. The second-order valence-electron chi connectivity index (χ2n) is 9.03. The Kier molecular flexibility index (Phi) is 4.71. The molecule has 2 aliphatic rings. The fourth-order valence-corrected chi connectivity index (χ4v) is 4.48. The molecule has 29 heavy (non-hydrogen) atoms. The van der Waals surface area contributed by atoms with E-state index in [1.165, 1.54) is 6.07 Å². The van der Waals surface area contributed by atoms with Gasteiger partial charge < -0.3 is 4.74 Å². The van der Waals surface area contributed by atoms with Crippen LogP contribution in [-0.2, 0) is 14.3 Å². The SMILES string of the molecule is CC1(C)OC(C)(C)C(=O)C(c2cc(-c3ccc(Cl)cc3F)ccc2C2CC2)C1=O. The Balaban J connectivity index is 1.89. The Morgan fingerprint density at radius 3 is 2.10 bits per heavy atom. The molecular weight excluding hydrogens is 391 g/mol. The quantitative estimate of drug-likeness (QED) is 0.593. The van der Waals surface area contributed by atoms with Gasteiger partial charge in [-0.2, -0.15) is 0 Å². The predicted octanol–water partition coefficient (Wildman–Crippen LogP) is 5.83. The van der Waals surface area contributed by atoms with Crippen molar-refractivity contribution in [1.82, 2.24) is 0 Å². The highest BCUT2D eigenvalue weighted by molar-refractivity contribution is 6.30. The van der Waals surface area contributed by atoms with Gasteiger partial charge in [-0.1, -0.05) is 23.7 Å². The maximum Gasteiger partial charge on any atom is 0.179 e. The first kappa shape index (κ1) is 20.2. The Morgan fingerprint density at radius 1 is 0.931 bits per heavy atom. The molecule has 5 heteroatoms. The van der Waals surface area contributed by atoms with Gasteiger partial charge in [0, 0.05) is 10.6 Å². The third-order valence-corrected chi connectivity index (χ3v) is 6.11. The van der Waals surface area contributed by atoms with Crippen molar-refractivity contribution in [2.24, 2.45) is 0 Å². The average Bonchev–Trinajstić information content (AvgIpc) is 3.45. The highest BCUT2D eigenvalue weighted by Crippen LogP contribution is 2.47. The van der Waals surface area contributed by atoms with Crippen LogP contribution in [0.25, 0.3) is 11.1 Å². The third kappa shape index (κ3) is 3.53. The summed E-state index contributed by atoms with van der Waals surface area (Å²) in [7, 11) is 0. The average molecular weight is 415 g/mol. The molecule has 1 saturated heterocycles. The summed E-state index contributed by atoms with van der Waals surface area (Å²) in [5.74, 6) is -1.52. The number of ether oxygens (including phenoxy) is 1. The summed E-state index contributed by atoms with van der Waals surface area (Å²) < 4.78 is 20.4. The number of carbonyl (C=O) groups excluding carboxylic acids is 2. The van der Waals surface area contributed by atoms with Crippen LogP contribution in [-0.4, -0.2) is 22.8 Å². The molecule has 2 fully saturated rings. The molecule has 1 aliphatic carbocycles. The number of carbonyl (C=O) groups is 2. The smallest absolute Gasteiger partial charge is 0.179 e. The van der Waals surface area contributed by atoms with Crippen LogP contribution in [0.15, 0.2) is 36.4 Å². The summed E-state index contributed by atoms with van der Waals surface area (Å²) in [4.78, 5) is 26.5. The number of hydrogen-bond donors (Lipinski definition) is 0. The van der Waals surface area contributed by atoms with Crippen LogP contribution in [0.4, 0.5) is 4.39 Å². The number of hydrogen-bond acceptors (Lipinski definition) is 3. The van der Waals surface area contributed by atoms with Gasteiger partial charge in [0.15, 0.2) is 11.6 Å². The molecule has 0 radical (unpaired) electrons. The molecule has 0 aromatic heterocycles. The Labute approximate surface area is 175 Å². The lowest BCUT2D eigenvalue weighted by Crippen LogP contribution is -2.58. The molecular formula is C24H24ClFO3. The lowest BCUT2D eigenvalue weighted by Gasteiger charge is -2.43. The first-order valence-corrected chi connectivity index (χ1v) is 10.3. The van der Waals surface area contributed by atoms with E-state index in [0.717, 1.165) is 18.4 Å². The Bertz CT molecular complexity index is 995. The van der Waals surface area contributed by atoms with Crippen molar-refractivity contribution in [2.75, 3.05) is 0 Å². The number of Topliss-reactive ketones (excluding diaryl/α,β-unsaturated/α-hetero) is 2. The maximum absolute atomic E-state index is 14.5. The molecule has 4 rings (SSSR count). The fourth-order valence-electron chi connectivity index (χ4n) is 4.32. The lowest BCUT2D eigenvalue weighted by atomic mass is 9.73. The molecule has 2 aromatic carbocycles. The van der Waals surface area contributed by atoms with Gasteiger partial charge >= 0.3 is 0 Å². The summed E-state index contributed by atoms with van der Waals surface area (Å²) in [5.41, 5.74) is 0.543. The van der Waals surface area contributed by atoms with Gasteiger partial charge in [0.1, 0.15) is 22.9 Å². The Morgan fingerprint density at radius 2 is 1.55 bits per heavy atom. The maximum atomic E-state index is 14.5. The van der Waals surface area contributed by atoms with Gasteiger partial charge in [-0.05, 0) is 87.4 Å². The standard InChI is InChI=1S/C24H24ClFO3/c1-23(2)21(27)20(22(28)24(3,4)29-23)18-11-14(7-9-16(18)13-5-6-13)17-10-8-15(25)12-19(17)26/h7-13,20H,5-6H2,1-4H3. The number of rotatable bonds is 3. The summed E-state index contributed by atoms with van der Waals surface area (Å²) >= 11 is 5.89. The first-order valence-electron chi connectivity index (χ1n) is 9.89. The van der Waals surface area contributed by atoms with Crippen LogP contribution >= 0.6 is 11.6 Å². The van der Waals surface area contributed by atoms with E-state index in [1.54, 1.807) is 45.9 Å². The van der Waals surface area contributed by atoms with Crippen LogP contribution < -0.4 is 0 Å². The van der Waals surface area contributed by atoms with Gasteiger partial charge in [0.05, 0.1) is 0 Å². The van der Waals surface area contributed by atoms with E-state index in [1.807, 2.05) is 12.1 Å². The minimum absolute atomic E-state index is 0.252. The second kappa shape index (κ2) is 6.75. The van der Waals surface area contributed by atoms with Crippen molar-refractivity contribution in [3.63, 3.8) is 0 Å². The monoisotopic (exact) mass is 414 g/mol. The van der Waals surface area contributed by atoms with Gasteiger partial charge in [-0.3, -0.25) is 9.59 Å². The second-order valence-corrected chi connectivity index (χ2v) is 9.46. The van der Waals surface area contributed by atoms with E-state index < -0.39 is 22.9 Å². The molecule has 152 valence electrons. The summed E-state index contributed by atoms with van der Waals surface area (Å²) in [6.45, 7) is 6.82. The fraction of sp³-hybridized carbons (Fsp3) is 0.417. The zero-order chi connectivity index (χ0) is 21.1. The molecule has 2 aromatic rings. The molecule has 0 atom stereocenters. The minimum Gasteiger partial charge on any atom is -0.354 e. The summed E-state index contributed by atoms with van der Waals surface area (Å²) in [6.07, 6.45) is 2.06. The summed E-state index contributed by atoms with van der Waals surface area (Å²) in [6, 6.07) is 10.1. The molecule has 1 aliphatic heterocycles. The van der Waals surface area contributed by atoms with Gasteiger partial charge in [0.25, 0.3) is 0 Å². The molecule has 0 N–H and O–H groups in total. The lowest BCUT2D eigenvalue weighted by molar-refractivity contribution is -0.184. The van der Waals surface area contributed by atoms with Crippen molar-refractivity contribution >= 4 is 23.2 Å². The largest absolute Gasteiger partial charge is 0.354 e. The third-order valence-electron chi connectivity index (χ3n) is 5.88. The molecule has 0 unspecified atom stereocenters. The van der Waals surface area contributed by atoms with Crippen LogP contribution in [0.5, 0.6) is 0 Å². The van der Waals surface area contributed by atoms with Crippen LogP contribution in [0, 0.1) is 5.82 Å². The van der Waals surface area contributed by atoms with Crippen molar-refractivity contribution in [3.8, 4) is 11.1 Å². The van der Waals surface area contributed by atoms with Crippen molar-refractivity contribution in [1.29, 1.82) is 0 Å². The van der Waals surface area contributed by atoms with E-state index in [-0.39, 0.29) is 11.6 Å². The number of halogens is 2. The van der Waals surface area contributed by atoms with E-state index in [2.05, 4.69) is 0 Å². The molecule has 1 heterocycles. The molecule has 3 nitrogen and oxygen atoms in total. The van der Waals surface area contributed by atoms with E-state index in [0.29, 0.717) is 27.6 Å². The van der Waals surface area contributed by atoms with Gasteiger partial charge in [0.2, 0.25) is 0 Å². The van der Waals surface area contributed by atoms with E-state index in [4.69, 9.17) is 16.3 Å². The van der Waals surface area contributed by atoms with Crippen molar-refractivity contribution in [3.05, 3.63) is 58.4 Å². The number of ketones is 2. The molecule has 1 saturated carbocycles. The molecule has 0 amide bonds. The van der Waals surface area contributed by atoms with Gasteiger partial charge in [-0.15, -0.1) is 0 Å². The predicted molar refractivity (Wildman–Crippen MR) is 111 cm³/mol. The van der Waals surface area contributed by atoms with Crippen LogP contribution in [0.1, 0.15) is 63.5 Å². The van der Waals surface area contributed by atoms with E-state index in [9.17, 15) is 14.0 Å². The Hall–Kier alpha value is -2.04. The highest BCUT2D eigenvalue weighted by Gasteiger charge is 2.53. The number of benzene rings is 2. The van der Waals surface area contributed by atoms with E-state index >= 15 is 0 Å². The van der Waals surface area contributed by atoms with Crippen LogP contribution in [0.3, 0.4) is 0 Å². The van der Waals surface area contributed by atoms with Crippen molar-refractivity contribution < 1.29 is 18.7 Å². The first-order chi connectivity index (χ1) is 13.5. The highest BCUT2D eigenvalue weighted by atomic mass is 35.5. The topological polar surface area (TPSA) is 43.4 Å².